The van der Waals surface area contributed by atoms with Crippen molar-refractivity contribution in [2.75, 3.05) is 0 Å². The van der Waals surface area contributed by atoms with Crippen LogP contribution >= 0.6 is 15.9 Å². The van der Waals surface area contributed by atoms with Gasteiger partial charge in [0.15, 0.2) is 0 Å². The molecule has 1 nitrogen and oxygen atoms in total. The quantitative estimate of drug-likeness (QED) is 0.785. The molecule has 0 heterocycles. The lowest BCUT2D eigenvalue weighted by atomic mass is 10.1. The molecule has 1 atom stereocenters. The topological polar surface area (TPSA) is 12.0 Å². The number of hydrogen-bond acceptors (Lipinski definition) is 1. The van der Waals surface area contributed by atoms with E-state index in [0.29, 0.717) is 6.54 Å². The second-order valence-corrected chi connectivity index (χ2v) is 5.52. The Bertz CT molecular complexity index is 572. The van der Waals surface area contributed by atoms with Gasteiger partial charge in [-0.3, -0.25) is 0 Å². The van der Waals surface area contributed by atoms with Crippen LogP contribution in [0.15, 0.2) is 53.0 Å². The smallest absolute Gasteiger partial charge is 0.263 e. The van der Waals surface area contributed by atoms with Gasteiger partial charge in [-0.05, 0) is 30.2 Å². The van der Waals surface area contributed by atoms with E-state index in [0.717, 1.165) is 15.6 Å². The first kappa shape index (κ1) is 15.1. The third-order valence-electron chi connectivity index (χ3n) is 3.19. The summed E-state index contributed by atoms with van der Waals surface area (Å²) >= 11 is 3.51. The van der Waals surface area contributed by atoms with Crippen LogP contribution in [0.25, 0.3) is 0 Å². The number of hydrogen-bond donors (Lipinski definition) is 1. The van der Waals surface area contributed by atoms with Crippen LogP contribution in [0.1, 0.15) is 36.1 Å². The van der Waals surface area contributed by atoms with Gasteiger partial charge in [-0.15, -0.1) is 0 Å². The van der Waals surface area contributed by atoms with Crippen molar-refractivity contribution in [2.24, 2.45) is 0 Å². The molecule has 0 amide bonds. The van der Waals surface area contributed by atoms with E-state index < -0.39 is 6.43 Å². The highest BCUT2D eigenvalue weighted by atomic mass is 79.9. The van der Waals surface area contributed by atoms with Crippen molar-refractivity contribution in [1.82, 2.24) is 5.32 Å². The molecule has 0 aliphatic rings. The van der Waals surface area contributed by atoms with Crippen molar-refractivity contribution >= 4 is 15.9 Å². The van der Waals surface area contributed by atoms with Gasteiger partial charge in [-0.1, -0.05) is 52.3 Å². The molecule has 2 aromatic carbocycles. The number of alkyl halides is 2. The van der Waals surface area contributed by atoms with Crippen LogP contribution in [0.3, 0.4) is 0 Å². The fourth-order valence-corrected chi connectivity index (χ4v) is 2.67. The Kier molecular flexibility index (Phi) is 5.26. The van der Waals surface area contributed by atoms with Gasteiger partial charge in [0.05, 0.1) is 0 Å². The molecule has 0 saturated carbocycles. The summed E-state index contributed by atoms with van der Waals surface area (Å²) in [5, 5.41) is 3.35. The molecule has 106 valence electrons. The van der Waals surface area contributed by atoms with Crippen molar-refractivity contribution in [2.45, 2.75) is 25.9 Å². The summed E-state index contributed by atoms with van der Waals surface area (Å²) in [5.41, 5.74) is 2.08. The second kappa shape index (κ2) is 6.95. The van der Waals surface area contributed by atoms with Gasteiger partial charge >= 0.3 is 0 Å². The fraction of sp³-hybridized carbons (Fsp3) is 0.250. The molecule has 0 bridgehead atoms. The Morgan fingerprint density at radius 3 is 2.55 bits per heavy atom. The molecule has 2 rings (SSSR count). The lowest BCUT2D eigenvalue weighted by Crippen LogP contribution is -2.18. The van der Waals surface area contributed by atoms with Crippen molar-refractivity contribution in [3.05, 3.63) is 69.7 Å². The normalized spacial score (nSPS) is 12.7. The molecular formula is C16H16BrF2N. The van der Waals surface area contributed by atoms with Gasteiger partial charge in [-0.2, -0.15) is 0 Å². The maximum Gasteiger partial charge on any atom is 0.263 e. The van der Waals surface area contributed by atoms with Crippen LogP contribution in [0.4, 0.5) is 8.78 Å². The average molecular weight is 340 g/mol. The summed E-state index contributed by atoms with van der Waals surface area (Å²) in [6.45, 7) is 2.61. The number of nitrogens with one attached hydrogen (secondary N) is 1. The minimum atomic E-state index is -2.42. The van der Waals surface area contributed by atoms with E-state index in [4.69, 9.17) is 0 Å². The molecule has 0 aromatic heterocycles. The Labute approximate surface area is 126 Å². The molecular weight excluding hydrogens is 324 g/mol. The molecule has 20 heavy (non-hydrogen) atoms. The molecule has 0 aliphatic heterocycles. The lowest BCUT2D eigenvalue weighted by Gasteiger charge is -2.16. The van der Waals surface area contributed by atoms with Crippen molar-refractivity contribution in [3.8, 4) is 0 Å². The Hall–Kier alpha value is -1.26. The minimum Gasteiger partial charge on any atom is -0.306 e. The van der Waals surface area contributed by atoms with Gasteiger partial charge in [0.1, 0.15) is 0 Å². The Balaban J connectivity index is 2.02. The molecule has 0 spiro atoms. The standard InChI is InChI=1S/C16H16BrF2N/c1-11(14-7-2-3-8-15(14)17)20-10-12-5-4-6-13(9-12)16(18)19/h2-9,11,16,20H,10H2,1H3/t11-/m1/s1. The molecule has 0 radical (unpaired) electrons. The molecule has 4 heteroatoms. The van der Waals surface area contributed by atoms with E-state index in [-0.39, 0.29) is 11.6 Å². The Morgan fingerprint density at radius 2 is 1.85 bits per heavy atom. The lowest BCUT2D eigenvalue weighted by molar-refractivity contribution is 0.151. The monoisotopic (exact) mass is 339 g/mol. The third kappa shape index (κ3) is 3.87. The first-order chi connectivity index (χ1) is 9.58. The summed E-state index contributed by atoms with van der Waals surface area (Å²) in [5.74, 6) is 0. The summed E-state index contributed by atoms with van der Waals surface area (Å²) in [7, 11) is 0. The van der Waals surface area contributed by atoms with Gasteiger partial charge in [-0.25, -0.2) is 8.78 Å². The minimum absolute atomic E-state index is 0.0674. The molecule has 0 saturated heterocycles. The number of rotatable bonds is 5. The summed E-state index contributed by atoms with van der Waals surface area (Å²) in [6.07, 6.45) is -2.42. The zero-order valence-corrected chi connectivity index (χ0v) is 12.7. The Morgan fingerprint density at radius 1 is 1.10 bits per heavy atom. The van der Waals surface area contributed by atoms with Crippen LogP contribution in [-0.2, 0) is 6.54 Å². The molecule has 0 unspecified atom stereocenters. The average Bonchev–Trinajstić information content (AvgIpc) is 2.45. The van der Waals surface area contributed by atoms with E-state index in [2.05, 4.69) is 28.2 Å². The highest BCUT2D eigenvalue weighted by molar-refractivity contribution is 9.10. The van der Waals surface area contributed by atoms with E-state index in [1.807, 2.05) is 30.3 Å². The molecule has 2 aromatic rings. The molecule has 0 aliphatic carbocycles. The van der Waals surface area contributed by atoms with Crippen LogP contribution in [-0.4, -0.2) is 0 Å². The largest absolute Gasteiger partial charge is 0.306 e. The van der Waals surface area contributed by atoms with Crippen LogP contribution < -0.4 is 5.32 Å². The third-order valence-corrected chi connectivity index (χ3v) is 3.91. The van der Waals surface area contributed by atoms with Gasteiger partial charge in [0.25, 0.3) is 6.43 Å². The van der Waals surface area contributed by atoms with Crippen LogP contribution in [0.2, 0.25) is 0 Å². The van der Waals surface area contributed by atoms with Crippen LogP contribution in [0.5, 0.6) is 0 Å². The zero-order chi connectivity index (χ0) is 14.5. The zero-order valence-electron chi connectivity index (χ0n) is 11.1. The van der Waals surface area contributed by atoms with Crippen molar-refractivity contribution < 1.29 is 8.78 Å². The summed E-state index contributed by atoms with van der Waals surface area (Å²) in [6, 6.07) is 14.6. The van der Waals surface area contributed by atoms with Gasteiger partial charge < -0.3 is 5.32 Å². The maximum atomic E-state index is 12.6. The van der Waals surface area contributed by atoms with Crippen molar-refractivity contribution in [3.63, 3.8) is 0 Å². The fourth-order valence-electron chi connectivity index (χ4n) is 2.05. The molecule has 1 N–H and O–H groups in total. The highest BCUT2D eigenvalue weighted by Crippen LogP contribution is 2.23. The van der Waals surface area contributed by atoms with Gasteiger partial charge in [0.2, 0.25) is 0 Å². The van der Waals surface area contributed by atoms with Crippen molar-refractivity contribution in [1.29, 1.82) is 0 Å². The molecule has 0 fully saturated rings. The van der Waals surface area contributed by atoms with E-state index >= 15 is 0 Å². The van der Waals surface area contributed by atoms with Gasteiger partial charge in [0, 0.05) is 22.6 Å². The summed E-state index contributed by atoms with van der Waals surface area (Å²) < 4.78 is 26.3. The van der Waals surface area contributed by atoms with E-state index in [1.54, 1.807) is 12.1 Å². The maximum absolute atomic E-state index is 12.6. The summed E-state index contributed by atoms with van der Waals surface area (Å²) in [4.78, 5) is 0. The first-order valence-corrected chi connectivity index (χ1v) is 7.22. The first-order valence-electron chi connectivity index (χ1n) is 6.42. The highest BCUT2D eigenvalue weighted by Gasteiger charge is 2.10. The number of halogens is 3. The number of benzene rings is 2. The van der Waals surface area contributed by atoms with E-state index in [9.17, 15) is 8.78 Å². The predicted octanol–water partition coefficient (Wildman–Crippen LogP) is 5.24. The second-order valence-electron chi connectivity index (χ2n) is 4.67. The van der Waals surface area contributed by atoms with E-state index in [1.165, 1.54) is 6.07 Å². The SMILES string of the molecule is C[C@@H](NCc1cccc(C(F)F)c1)c1ccccc1Br. The van der Waals surface area contributed by atoms with Crippen LogP contribution in [0, 0.1) is 0 Å². The predicted molar refractivity (Wildman–Crippen MR) is 80.8 cm³/mol.